The van der Waals surface area contributed by atoms with Gasteiger partial charge in [-0.15, -0.1) is 0 Å². The van der Waals surface area contributed by atoms with E-state index in [-0.39, 0.29) is 11.6 Å². The van der Waals surface area contributed by atoms with Gasteiger partial charge in [0.2, 0.25) is 5.91 Å². The summed E-state index contributed by atoms with van der Waals surface area (Å²) in [4.78, 5) is 21.0. The van der Waals surface area contributed by atoms with Crippen molar-refractivity contribution in [3.8, 4) is 0 Å². The molecule has 1 rings (SSSR count). The zero-order chi connectivity index (χ0) is 12.1. The van der Waals surface area contributed by atoms with Gasteiger partial charge in [-0.1, -0.05) is 28.1 Å². The van der Waals surface area contributed by atoms with Crippen LogP contribution in [0.1, 0.15) is 17.3 Å². The van der Waals surface area contributed by atoms with Gasteiger partial charge in [-0.3, -0.25) is 14.9 Å². The zero-order valence-corrected chi connectivity index (χ0v) is 10.2. The lowest BCUT2D eigenvalue weighted by molar-refractivity contribution is -0.384. The largest absolute Gasteiger partial charge is 0.355 e. The number of amides is 1. The molecule has 0 bridgehead atoms. The first-order valence-electron chi connectivity index (χ1n) is 4.72. The van der Waals surface area contributed by atoms with Crippen LogP contribution in [0.3, 0.4) is 0 Å². The molecule has 0 saturated heterocycles. The van der Waals surface area contributed by atoms with Crippen molar-refractivity contribution in [2.24, 2.45) is 0 Å². The molecule has 1 aromatic carbocycles. The summed E-state index contributed by atoms with van der Waals surface area (Å²) < 4.78 is 0. The lowest BCUT2D eigenvalue weighted by Crippen LogP contribution is -2.26. The number of nitro groups is 1. The van der Waals surface area contributed by atoms with Crippen molar-refractivity contribution in [2.45, 2.75) is 11.8 Å². The molecule has 1 atom stereocenters. The minimum atomic E-state index is -0.478. The molecule has 0 aliphatic rings. The lowest BCUT2D eigenvalue weighted by atomic mass is 10.1. The number of likely N-dealkylation sites (N-methyl/N-ethyl adjacent to an activating group) is 1. The molecule has 86 valence electrons. The van der Waals surface area contributed by atoms with Gasteiger partial charge in [0, 0.05) is 18.7 Å². The maximum absolute atomic E-state index is 11.5. The number of carbonyl (C=O) groups is 1. The van der Waals surface area contributed by atoms with Gasteiger partial charge in [0.25, 0.3) is 5.69 Å². The van der Waals surface area contributed by atoms with Gasteiger partial charge in [0.15, 0.2) is 0 Å². The van der Waals surface area contributed by atoms with E-state index >= 15 is 0 Å². The van der Waals surface area contributed by atoms with E-state index < -0.39 is 9.75 Å². The quantitative estimate of drug-likeness (QED) is 0.524. The molecule has 0 radical (unpaired) electrons. The van der Waals surface area contributed by atoms with Crippen molar-refractivity contribution in [1.29, 1.82) is 0 Å². The second-order valence-corrected chi connectivity index (χ2v) is 4.02. The minimum Gasteiger partial charge on any atom is -0.355 e. The molecule has 1 unspecified atom stereocenters. The summed E-state index contributed by atoms with van der Waals surface area (Å²) in [6.07, 6.45) is 0. The number of nitrogens with zero attached hydrogens (tertiary/aromatic N) is 1. The molecule has 0 saturated carbocycles. The van der Waals surface area contributed by atoms with Gasteiger partial charge in [0.1, 0.15) is 4.83 Å². The van der Waals surface area contributed by atoms with E-state index in [1.54, 1.807) is 12.1 Å². The van der Waals surface area contributed by atoms with E-state index in [0.717, 1.165) is 0 Å². The Balaban J connectivity index is 2.81. The van der Waals surface area contributed by atoms with E-state index in [1.807, 2.05) is 6.92 Å². The van der Waals surface area contributed by atoms with Crippen LogP contribution >= 0.6 is 15.9 Å². The maximum Gasteiger partial charge on any atom is 0.269 e. The molecule has 0 aromatic heterocycles. The van der Waals surface area contributed by atoms with Crippen LogP contribution in [-0.4, -0.2) is 17.4 Å². The number of alkyl halides is 1. The Morgan fingerprint density at radius 3 is 2.50 bits per heavy atom. The van der Waals surface area contributed by atoms with Crippen LogP contribution < -0.4 is 5.32 Å². The highest BCUT2D eigenvalue weighted by Crippen LogP contribution is 2.24. The molecule has 0 aliphatic carbocycles. The molecule has 0 heterocycles. The average molecular weight is 287 g/mol. The maximum atomic E-state index is 11.5. The zero-order valence-electron chi connectivity index (χ0n) is 8.64. The summed E-state index contributed by atoms with van der Waals surface area (Å²) in [5.41, 5.74) is 0.705. The van der Waals surface area contributed by atoms with Crippen LogP contribution in [0.4, 0.5) is 5.69 Å². The summed E-state index contributed by atoms with van der Waals surface area (Å²) in [6.45, 7) is 2.38. The van der Waals surface area contributed by atoms with Gasteiger partial charge < -0.3 is 5.32 Å². The number of halogens is 1. The Hall–Kier alpha value is -1.43. The van der Waals surface area contributed by atoms with Crippen LogP contribution in [-0.2, 0) is 4.79 Å². The highest BCUT2D eigenvalue weighted by Gasteiger charge is 2.17. The van der Waals surface area contributed by atoms with Gasteiger partial charge in [-0.2, -0.15) is 0 Å². The molecule has 1 N–H and O–H groups in total. The monoisotopic (exact) mass is 286 g/mol. The first-order valence-corrected chi connectivity index (χ1v) is 5.64. The molecule has 0 aliphatic heterocycles. The average Bonchev–Trinajstić information content (AvgIpc) is 2.28. The number of benzene rings is 1. The van der Waals surface area contributed by atoms with Crippen LogP contribution in [0.5, 0.6) is 0 Å². The predicted molar refractivity (Wildman–Crippen MR) is 63.4 cm³/mol. The standard InChI is InChI=1S/C10H11BrN2O3/c1-2-12-10(14)9(11)7-3-5-8(6-4-7)13(15)16/h3-6,9H,2H2,1H3,(H,12,14). The van der Waals surface area contributed by atoms with Crippen molar-refractivity contribution in [3.05, 3.63) is 39.9 Å². The summed E-state index contributed by atoms with van der Waals surface area (Å²) in [5.74, 6) is -0.156. The van der Waals surface area contributed by atoms with E-state index in [9.17, 15) is 14.9 Å². The van der Waals surface area contributed by atoms with Gasteiger partial charge >= 0.3 is 0 Å². The third kappa shape index (κ3) is 3.03. The topological polar surface area (TPSA) is 72.2 Å². The van der Waals surface area contributed by atoms with Crippen molar-refractivity contribution in [3.63, 3.8) is 0 Å². The smallest absolute Gasteiger partial charge is 0.269 e. The number of rotatable bonds is 4. The number of nitro benzene ring substituents is 1. The van der Waals surface area contributed by atoms with Crippen LogP contribution in [0.2, 0.25) is 0 Å². The summed E-state index contributed by atoms with van der Waals surface area (Å²) in [7, 11) is 0. The van der Waals surface area contributed by atoms with Crippen molar-refractivity contribution in [2.75, 3.05) is 6.54 Å². The summed E-state index contributed by atoms with van der Waals surface area (Å²) in [5, 5.41) is 13.1. The highest BCUT2D eigenvalue weighted by atomic mass is 79.9. The molecule has 1 aromatic rings. The number of hydrogen-bond acceptors (Lipinski definition) is 3. The molecule has 6 heteroatoms. The second kappa shape index (κ2) is 5.60. The summed E-state index contributed by atoms with van der Waals surface area (Å²) in [6, 6.07) is 5.88. The number of non-ortho nitro benzene ring substituents is 1. The Morgan fingerprint density at radius 2 is 2.06 bits per heavy atom. The predicted octanol–water partition coefficient (Wildman–Crippen LogP) is 2.17. The van der Waals surface area contributed by atoms with Crippen LogP contribution in [0, 0.1) is 10.1 Å². The van der Waals surface area contributed by atoms with Crippen molar-refractivity contribution >= 4 is 27.5 Å². The fourth-order valence-corrected chi connectivity index (χ4v) is 1.65. The molecule has 1 amide bonds. The first-order chi connectivity index (χ1) is 7.56. The van der Waals surface area contributed by atoms with E-state index in [4.69, 9.17) is 0 Å². The lowest BCUT2D eigenvalue weighted by Gasteiger charge is -2.09. The fourth-order valence-electron chi connectivity index (χ4n) is 1.18. The Bertz CT molecular complexity index is 392. The van der Waals surface area contributed by atoms with Crippen LogP contribution in [0.15, 0.2) is 24.3 Å². The molecule has 0 fully saturated rings. The Morgan fingerprint density at radius 1 is 1.50 bits per heavy atom. The Kier molecular flexibility index (Phi) is 4.42. The first kappa shape index (κ1) is 12.6. The van der Waals surface area contributed by atoms with Crippen molar-refractivity contribution in [1.82, 2.24) is 5.32 Å². The third-order valence-electron chi connectivity index (χ3n) is 1.98. The van der Waals surface area contributed by atoms with E-state index in [2.05, 4.69) is 21.2 Å². The van der Waals surface area contributed by atoms with Crippen LogP contribution in [0.25, 0.3) is 0 Å². The molecular weight excluding hydrogens is 276 g/mol. The SMILES string of the molecule is CCNC(=O)C(Br)c1ccc([N+](=O)[O-])cc1. The third-order valence-corrected chi connectivity index (χ3v) is 2.92. The fraction of sp³-hybridized carbons (Fsp3) is 0.300. The summed E-state index contributed by atoms with van der Waals surface area (Å²) >= 11 is 3.23. The second-order valence-electron chi connectivity index (χ2n) is 3.11. The molecule has 0 spiro atoms. The molecular formula is C10H11BrN2O3. The van der Waals surface area contributed by atoms with Gasteiger partial charge in [-0.05, 0) is 12.5 Å². The number of nitrogens with one attached hydrogen (secondary N) is 1. The number of hydrogen-bond donors (Lipinski definition) is 1. The van der Waals surface area contributed by atoms with Gasteiger partial charge in [-0.25, -0.2) is 0 Å². The Labute approximate surface area is 101 Å². The van der Waals surface area contributed by atoms with E-state index in [0.29, 0.717) is 12.1 Å². The van der Waals surface area contributed by atoms with Crippen molar-refractivity contribution < 1.29 is 9.72 Å². The molecule has 5 nitrogen and oxygen atoms in total. The normalized spacial score (nSPS) is 11.9. The highest BCUT2D eigenvalue weighted by molar-refractivity contribution is 9.09. The number of carbonyl (C=O) groups excluding carboxylic acids is 1. The van der Waals surface area contributed by atoms with E-state index in [1.165, 1.54) is 12.1 Å². The minimum absolute atomic E-state index is 0.0133. The molecule has 16 heavy (non-hydrogen) atoms. The van der Waals surface area contributed by atoms with Gasteiger partial charge in [0.05, 0.1) is 4.92 Å².